The molecule has 0 fully saturated rings. The normalized spacial score (nSPS) is 15.2. The number of carboxylic acids is 2. The van der Waals surface area contributed by atoms with E-state index in [-0.39, 0.29) is 45.1 Å². The quantitative estimate of drug-likeness (QED) is 0.112. The van der Waals surface area contributed by atoms with Crippen LogP contribution in [0.5, 0.6) is 0 Å². The second-order valence-corrected chi connectivity index (χ2v) is 15.5. The highest BCUT2D eigenvalue weighted by atomic mass is 32.2. The van der Waals surface area contributed by atoms with Crippen LogP contribution in [0.2, 0.25) is 0 Å². The molecule has 2 aromatic rings. The summed E-state index contributed by atoms with van der Waals surface area (Å²) in [5, 5.41) is 21.9. The molecule has 1 aliphatic carbocycles. The average Bonchev–Trinajstić information content (AvgIpc) is 2.92. The fraction of sp³-hybridized carbons (Fsp3) is 0.207. The SMILES string of the molecule is CCN=c1ccc2c(-c3ccc(C(=O)O)cc3C(=O)O)c3cc4c(c(S(=O)(=O)O)c3oc-2c1S(=O)(=O)O)NC(C)(C)C=C4CS(=O)(=O)O. The van der Waals surface area contributed by atoms with E-state index in [4.69, 9.17) is 4.42 Å². The Balaban J connectivity index is 2.17. The third kappa shape index (κ3) is 6.30. The number of aromatic carboxylic acids is 2. The lowest BCUT2D eigenvalue weighted by Crippen LogP contribution is -2.34. The number of hydrogen-bond acceptors (Lipinski definition) is 11. The van der Waals surface area contributed by atoms with Gasteiger partial charge in [-0.2, -0.15) is 25.3 Å². The van der Waals surface area contributed by atoms with Gasteiger partial charge >= 0.3 is 11.9 Å². The van der Waals surface area contributed by atoms with E-state index in [1.807, 2.05) is 0 Å². The van der Waals surface area contributed by atoms with Crippen LogP contribution in [0.15, 0.2) is 61.7 Å². The van der Waals surface area contributed by atoms with Crippen molar-refractivity contribution >= 4 is 64.5 Å². The Labute approximate surface area is 272 Å². The molecule has 5 rings (SSSR count). The summed E-state index contributed by atoms with van der Waals surface area (Å²) in [6.07, 6.45) is 1.37. The zero-order chi connectivity index (χ0) is 35.7. The van der Waals surface area contributed by atoms with Gasteiger partial charge in [0.2, 0.25) is 0 Å². The highest BCUT2D eigenvalue weighted by Crippen LogP contribution is 2.49. The van der Waals surface area contributed by atoms with E-state index >= 15 is 0 Å². The molecule has 16 nitrogen and oxygen atoms in total. The van der Waals surface area contributed by atoms with E-state index in [1.165, 1.54) is 38.1 Å². The van der Waals surface area contributed by atoms with E-state index in [0.717, 1.165) is 18.2 Å². The number of hydrogen-bond donors (Lipinski definition) is 6. The van der Waals surface area contributed by atoms with Gasteiger partial charge in [0, 0.05) is 28.6 Å². The van der Waals surface area contributed by atoms with Gasteiger partial charge in [0.15, 0.2) is 21.1 Å². The van der Waals surface area contributed by atoms with Crippen LogP contribution in [-0.4, -0.2) is 78.9 Å². The summed E-state index contributed by atoms with van der Waals surface area (Å²) >= 11 is 0. The molecule has 0 spiro atoms. The van der Waals surface area contributed by atoms with Crippen LogP contribution < -0.4 is 10.7 Å². The minimum absolute atomic E-state index is 0.0138. The van der Waals surface area contributed by atoms with E-state index < -0.39 is 91.5 Å². The van der Waals surface area contributed by atoms with Crippen LogP contribution in [0, 0.1) is 0 Å². The molecule has 0 amide bonds. The molecule has 19 heteroatoms. The van der Waals surface area contributed by atoms with Gasteiger partial charge in [-0.25, -0.2) is 9.59 Å². The number of anilines is 1. The van der Waals surface area contributed by atoms with Crippen LogP contribution in [0.1, 0.15) is 47.1 Å². The monoisotopic (exact) mass is 722 g/mol. The highest BCUT2D eigenvalue weighted by Gasteiger charge is 2.37. The Morgan fingerprint density at radius 1 is 0.854 bits per heavy atom. The summed E-state index contributed by atoms with van der Waals surface area (Å²) in [7, 11) is -15.4. The lowest BCUT2D eigenvalue weighted by atomic mass is 9.86. The Morgan fingerprint density at radius 2 is 1.48 bits per heavy atom. The molecular formula is C29H26N2O14S3. The molecule has 6 N–H and O–H groups in total. The third-order valence-corrected chi connectivity index (χ3v) is 9.84. The summed E-state index contributed by atoms with van der Waals surface area (Å²) in [6.45, 7) is 4.59. The van der Waals surface area contributed by atoms with Crippen molar-refractivity contribution in [2.24, 2.45) is 4.99 Å². The molecule has 254 valence electrons. The maximum atomic E-state index is 13.2. The first-order valence-corrected chi connectivity index (χ1v) is 18.2. The summed E-state index contributed by atoms with van der Waals surface area (Å²) in [5.74, 6) is -4.87. The van der Waals surface area contributed by atoms with Crippen molar-refractivity contribution < 1.29 is 63.1 Å². The van der Waals surface area contributed by atoms with Gasteiger partial charge in [0.25, 0.3) is 30.4 Å². The Bertz CT molecular complexity index is 2500. The zero-order valence-electron chi connectivity index (χ0n) is 25.0. The van der Waals surface area contributed by atoms with Gasteiger partial charge in [-0.1, -0.05) is 12.1 Å². The average molecular weight is 723 g/mol. The van der Waals surface area contributed by atoms with Gasteiger partial charge in [-0.3, -0.25) is 18.7 Å². The number of fused-ring (bicyclic) bond motifs is 3. The van der Waals surface area contributed by atoms with Crippen LogP contribution in [0.25, 0.3) is 39.0 Å². The third-order valence-electron chi connectivity index (χ3n) is 7.35. The molecular weight excluding hydrogens is 697 g/mol. The Hall–Kier alpha value is -4.66. The van der Waals surface area contributed by atoms with Crippen molar-refractivity contribution in [2.45, 2.75) is 36.1 Å². The summed E-state index contributed by atoms with van der Waals surface area (Å²) in [6, 6.07) is 6.51. The lowest BCUT2D eigenvalue weighted by molar-refractivity contribution is 0.0696. The van der Waals surface area contributed by atoms with E-state index in [0.29, 0.717) is 0 Å². The molecule has 0 saturated heterocycles. The molecule has 48 heavy (non-hydrogen) atoms. The molecule has 3 aliphatic rings. The van der Waals surface area contributed by atoms with Gasteiger partial charge in [-0.05, 0) is 62.2 Å². The van der Waals surface area contributed by atoms with Crippen LogP contribution in [0.3, 0.4) is 0 Å². The van der Waals surface area contributed by atoms with Crippen LogP contribution >= 0.6 is 0 Å². The van der Waals surface area contributed by atoms with Crippen molar-refractivity contribution in [1.29, 1.82) is 0 Å². The Morgan fingerprint density at radius 3 is 2.02 bits per heavy atom. The number of benzene rings is 3. The first kappa shape index (κ1) is 34.7. The fourth-order valence-corrected chi connectivity index (χ4v) is 7.96. The summed E-state index contributed by atoms with van der Waals surface area (Å²) in [5.41, 5.74) is -4.58. The fourth-order valence-electron chi connectivity index (χ4n) is 5.74. The van der Waals surface area contributed by atoms with Gasteiger partial charge < -0.3 is 19.9 Å². The van der Waals surface area contributed by atoms with Gasteiger partial charge in [0.05, 0.1) is 27.7 Å². The number of nitrogens with zero attached hydrogens (tertiary/aromatic N) is 1. The van der Waals surface area contributed by atoms with E-state index in [1.54, 1.807) is 6.92 Å². The molecule has 0 atom stereocenters. The van der Waals surface area contributed by atoms with E-state index in [9.17, 15) is 58.7 Å². The predicted molar refractivity (Wildman–Crippen MR) is 170 cm³/mol. The minimum Gasteiger partial charge on any atom is -0.478 e. The minimum atomic E-state index is -5.39. The number of nitrogens with one attached hydrogen (secondary N) is 1. The molecule has 0 saturated carbocycles. The first-order chi connectivity index (χ1) is 22.0. The van der Waals surface area contributed by atoms with E-state index in [2.05, 4.69) is 10.3 Å². The predicted octanol–water partition coefficient (Wildman–Crippen LogP) is 3.49. The maximum absolute atomic E-state index is 13.2. The summed E-state index contributed by atoms with van der Waals surface area (Å²) in [4.78, 5) is 26.4. The maximum Gasteiger partial charge on any atom is 0.336 e. The topological polar surface area (TPSA) is 275 Å². The molecule has 0 aromatic heterocycles. The summed E-state index contributed by atoms with van der Waals surface area (Å²) < 4.78 is 113. The molecule has 0 radical (unpaired) electrons. The smallest absolute Gasteiger partial charge is 0.336 e. The lowest BCUT2D eigenvalue weighted by Gasteiger charge is -2.33. The van der Waals surface area contributed by atoms with Gasteiger partial charge in [-0.15, -0.1) is 0 Å². The first-order valence-electron chi connectivity index (χ1n) is 13.7. The molecule has 2 heterocycles. The largest absolute Gasteiger partial charge is 0.478 e. The number of rotatable bonds is 8. The standard InChI is InChI=1S/C29H26N2O14S3/c1-4-30-20-8-7-16-21(15-6-5-13(27(32)33)9-18(15)28(34)35)19-10-17-14(12-46(36,37)38)11-29(2,3)31-22(17)26(48(42,43)44)24(19)45-23(16)25(20)47(39,40)41/h5-11,31H,4,12H2,1-3H3,(H,32,33)(H,34,35)(H,36,37,38)(H,39,40,41)(H,42,43,44). The van der Waals surface area contributed by atoms with Crippen LogP contribution in [0.4, 0.5) is 5.69 Å². The second-order valence-electron chi connectivity index (χ2n) is 11.3. The molecule has 2 aromatic carbocycles. The zero-order valence-corrected chi connectivity index (χ0v) is 27.5. The van der Waals surface area contributed by atoms with Gasteiger partial charge in [0.1, 0.15) is 5.75 Å². The number of carbonyl (C=O) groups is 2. The Kier molecular flexibility index (Phi) is 8.30. The second kappa shape index (κ2) is 11.5. The molecule has 0 bridgehead atoms. The van der Waals surface area contributed by atoms with Crippen molar-refractivity contribution in [3.05, 3.63) is 64.5 Å². The highest BCUT2D eigenvalue weighted by molar-refractivity contribution is 7.86. The van der Waals surface area contributed by atoms with Crippen molar-refractivity contribution in [2.75, 3.05) is 17.6 Å². The van der Waals surface area contributed by atoms with Crippen molar-refractivity contribution in [3.8, 4) is 22.5 Å². The molecule has 2 aliphatic heterocycles. The van der Waals surface area contributed by atoms with Crippen LogP contribution in [-0.2, 0) is 30.4 Å². The van der Waals surface area contributed by atoms with Crippen molar-refractivity contribution in [3.63, 3.8) is 0 Å². The number of carboxylic acid groups (broad SMARTS) is 2. The van der Waals surface area contributed by atoms with Crippen molar-refractivity contribution in [1.82, 2.24) is 0 Å². The molecule has 0 unspecified atom stereocenters.